The van der Waals surface area contributed by atoms with Gasteiger partial charge < -0.3 is 35.3 Å². The highest BCUT2D eigenvalue weighted by molar-refractivity contribution is 9.11. The molecule has 0 radical (unpaired) electrons. The Bertz CT molecular complexity index is 2740. The molecular formula is C43H48BrN3O7S6Si3. The van der Waals surface area contributed by atoms with Gasteiger partial charge in [0, 0.05) is 60.3 Å². The molecule has 0 atom stereocenters. The minimum atomic E-state index is -1.90. The normalized spacial score (nSPS) is 15.1. The molecule has 0 aliphatic carbocycles. The maximum absolute atomic E-state index is 11.1. The molecule has 3 aliphatic heterocycles. The summed E-state index contributed by atoms with van der Waals surface area (Å²) >= 11 is 13.8. The van der Waals surface area contributed by atoms with Crippen molar-refractivity contribution in [1.29, 1.82) is 0 Å². The van der Waals surface area contributed by atoms with Crippen LogP contribution >= 0.6 is 84.0 Å². The molecular weight excluding hydrogens is 1030 g/mol. The van der Waals surface area contributed by atoms with Gasteiger partial charge in [-0.2, -0.15) is 0 Å². The molecule has 0 unspecified atom stereocenters. The van der Waals surface area contributed by atoms with Crippen LogP contribution < -0.4 is 40.9 Å². The van der Waals surface area contributed by atoms with Crippen LogP contribution in [-0.2, 0) is 4.79 Å². The monoisotopic (exact) mass is 1070 g/mol. The molecule has 0 amide bonds. The number of thiophene rings is 6. The Balaban J connectivity index is 0.000000148. The number of aliphatic carboxylic acids is 1. The zero-order valence-electron chi connectivity index (χ0n) is 35.6. The van der Waals surface area contributed by atoms with Gasteiger partial charge in [-0.15, -0.1) is 68.0 Å². The van der Waals surface area contributed by atoms with Gasteiger partial charge in [-0.1, -0.05) is 45.3 Å². The smallest absolute Gasteiger partial charge is 0.333 e. The summed E-state index contributed by atoms with van der Waals surface area (Å²) in [5, 5.41) is 59.1. The Labute approximate surface area is 402 Å². The van der Waals surface area contributed by atoms with E-state index < -0.39 is 30.2 Å². The molecule has 332 valence electrons. The minimum absolute atomic E-state index is 0.0250. The average Bonchev–Trinajstić information content (AvgIpc) is 4.09. The summed E-state index contributed by atoms with van der Waals surface area (Å²) < 4.78 is 1.28. The predicted octanol–water partition coefficient (Wildman–Crippen LogP) is 6.34. The minimum Gasteiger partial charge on any atom is -0.486 e. The number of aldehydes is 1. The van der Waals surface area contributed by atoms with Crippen molar-refractivity contribution in [2.75, 3.05) is 62.4 Å². The molecule has 0 fully saturated rings. The van der Waals surface area contributed by atoms with Crippen LogP contribution in [-0.4, -0.2) is 115 Å². The van der Waals surface area contributed by atoms with E-state index in [0.717, 1.165) is 30.9 Å². The third-order valence-corrected chi connectivity index (χ3v) is 30.9. The standard InChI is InChI=1S/C18H20N2O4S2Si.C15H19NO3S2Si.C10H9BrS2Si/c1-19-12(18(23)24)8-11-9-13-16(25-11)17-14(27(13,2)3)10-15(26-17)20(4-6-21)5-7-22;1-22(2)11-7-10(9-19)20-14(11)15-12(22)8-13(21-15)16(3-5-17)4-6-18;1-14(2)6-3-4-12-9(6)10-7(14)5-8(11)13-10/h8-10,21-22H,4-7H2,2-3H3,(H,23,24);7-9,17-18H,3-6H2,1-2H3;3-5H,1-2H3/b12-8-;;. The van der Waals surface area contributed by atoms with E-state index in [-0.39, 0.29) is 32.1 Å². The molecule has 20 heteroatoms. The lowest BCUT2D eigenvalue weighted by Crippen LogP contribution is -2.48. The number of fused-ring (bicyclic) bond motifs is 9. The lowest BCUT2D eigenvalue weighted by Gasteiger charge is -2.21. The fraction of sp³-hybridized carbons (Fsp3) is 0.326. The van der Waals surface area contributed by atoms with Gasteiger partial charge in [-0.25, -0.2) is 4.85 Å². The lowest BCUT2D eigenvalue weighted by molar-refractivity contribution is -0.132. The van der Waals surface area contributed by atoms with Gasteiger partial charge in [0.05, 0.1) is 51.7 Å². The first-order chi connectivity index (χ1) is 30.0. The summed E-state index contributed by atoms with van der Waals surface area (Å²) in [5.41, 5.74) is -0.279. The second-order valence-corrected chi connectivity index (χ2v) is 37.3. The fourth-order valence-electron chi connectivity index (χ4n) is 8.38. The van der Waals surface area contributed by atoms with Crippen molar-refractivity contribution in [2.24, 2.45) is 0 Å². The van der Waals surface area contributed by atoms with E-state index in [2.05, 4.69) is 95.8 Å². The second kappa shape index (κ2) is 19.2. The first-order valence-corrected chi connectivity index (χ1v) is 34.9. The number of carboxylic acid groups (broad SMARTS) is 1. The van der Waals surface area contributed by atoms with Gasteiger partial charge in [0.15, 0.2) is 6.29 Å². The largest absolute Gasteiger partial charge is 0.486 e. The van der Waals surface area contributed by atoms with Crippen molar-refractivity contribution in [3.8, 4) is 29.3 Å². The van der Waals surface area contributed by atoms with E-state index in [1.165, 1.54) is 66.3 Å². The third kappa shape index (κ3) is 8.92. The molecule has 0 bridgehead atoms. The SMILES string of the molecule is C[Si]1(C)c2cc(C=O)sc2-c2sc(N(CCO)CCO)cc21.C[Si]1(C)c2ccsc2-c2sc(Br)cc21.[C-]#[N+]/C(=C\c1cc2c(s1)-c1sc(N(CCO)CCO)cc1[Si]2(C)C)C(=O)O. The number of aliphatic hydroxyl groups is 4. The number of carbonyl (C=O) groups excluding carboxylic acids is 1. The van der Waals surface area contributed by atoms with Crippen molar-refractivity contribution in [3.05, 3.63) is 72.4 Å². The molecule has 63 heavy (non-hydrogen) atoms. The Morgan fingerprint density at radius 3 is 1.51 bits per heavy atom. The van der Waals surface area contributed by atoms with Gasteiger partial charge in [0.1, 0.15) is 24.2 Å². The molecule has 3 aliphatic rings. The molecule has 0 saturated carbocycles. The number of halogens is 1. The van der Waals surface area contributed by atoms with Gasteiger partial charge in [0.25, 0.3) is 5.70 Å². The molecule has 6 aromatic rings. The molecule has 5 N–H and O–H groups in total. The first kappa shape index (κ1) is 48.1. The summed E-state index contributed by atoms with van der Waals surface area (Å²) in [6, 6.07) is 13.2. The predicted molar refractivity (Wildman–Crippen MR) is 281 cm³/mol. The molecule has 10 nitrogen and oxygen atoms in total. The van der Waals surface area contributed by atoms with Crippen LogP contribution in [0.1, 0.15) is 14.5 Å². The van der Waals surface area contributed by atoms with E-state index >= 15 is 0 Å². The van der Waals surface area contributed by atoms with Gasteiger partial charge in [0.2, 0.25) is 0 Å². The number of aliphatic hydroxyl groups excluding tert-OH is 4. The zero-order chi connectivity index (χ0) is 45.6. The van der Waals surface area contributed by atoms with E-state index in [9.17, 15) is 30.0 Å². The molecule has 0 aromatic carbocycles. The van der Waals surface area contributed by atoms with Crippen LogP contribution in [0.3, 0.4) is 0 Å². The van der Waals surface area contributed by atoms with Crippen molar-refractivity contribution < 1.29 is 35.1 Å². The molecule has 0 saturated heterocycles. The summed E-state index contributed by atoms with van der Waals surface area (Å²) in [4.78, 5) is 38.9. The van der Waals surface area contributed by atoms with Crippen LogP contribution in [0.2, 0.25) is 39.3 Å². The summed E-state index contributed by atoms with van der Waals surface area (Å²) in [6.07, 6.45) is 2.38. The van der Waals surface area contributed by atoms with Crippen LogP contribution in [0.5, 0.6) is 0 Å². The van der Waals surface area contributed by atoms with Gasteiger partial charge in [-0.05, 0) is 88.8 Å². The number of anilines is 2. The number of carboxylic acids is 1. The maximum Gasteiger partial charge on any atom is 0.333 e. The summed E-state index contributed by atoms with van der Waals surface area (Å²) in [7, 11) is -4.96. The number of carbonyl (C=O) groups is 2. The second-order valence-electron chi connectivity index (χ2n) is 16.7. The number of hydrogen-bond acceptors (Lipinski definition) is 14. The zero-order valence-corrected chi connectivity index (χ0v) is 45.1. The lowest BCUT2D eigenvalue weighted by atomic mass is 10.3. The number of nitrogens with zero attached hydrogens (tertiary/aromatic N) is 3. The first-order valence-electron chi connectivity index (χ1n) is 20.1. The van der Waals surface area contributed by atoms with Crippen LogP contribution in [0.4, 0.5) is 10.0 Å². The van der Waals surface area contributed by atoms with Crippen LogP contribution in [0.15, 0.2) is 51.3 Å². The fourth-order valence-corrected chi connectivity index (χ4v) is 30.3. The molecule has 9 rings (SSSR count). The van der Waals surface area contributed by atoms with E-state index in [1.54, 1.807) is 44.4 Å². The van der Waals surface area contributed by atoms with Crippen LogP contribution in [0, 0.1) is 6.57 Å². The average molecular weight is 1080 g/mol. The highest BCUT2D eigenvalue weighted by atomic mass is 79.9. The summed E-state index contributed by atoms with van der Waals surface area (Å²) in [5.74, 6) is -1.21. The molecule has 0 spiro atoms. The van der Waals surface area contributed by atoms with Crippen molar-refractivity contribution >= 4 is 168 Å². The molecule has 6 aromatic heterocycles. The van der Waals surface area contributed by atoms with Crippen molar-refractivity contribution in [1.82, 2.24) is 0 Å². The van der Waals surface area contributed by atoms with E-state index in [0.29, 0.717) is 26.2 Å². The number of rotatable bonds is 13. The van der Waals surface area contributed by atoms with E-state index in [1.807, 2.05) is 38.5 Å². The quantitative estimate of drug-likeness (QED) is 0.0388. The molecule has 9 heterocycles. The maximum atomic E-state index is 11.1. The highest BCUT2D eigenvalue weighted by Gasteiger charge is 2.43. The van der Waals surface area contributed by atoms with Gasteiger partial charge in [-0.3, -0.25) is 9.59 Å². The van der Waals surface area contributed by atoms with Gasteiger partial charge >= 0.3 is 5.97 Å². The Morgan fingerprint density at radius 1 is 0.635 bits per heavy atom. The van der Waals surface area contributed by atoms with Crippen molar-refractivity contribution in [3.63, 3.8) is 0 Å². The summed E-state index contributed by atoms with van der Waals surface area (Å²) in [6.45, 7) is 23.3. The third-order valence-electron chi connectivity index (χ3n) is 11.8. The Morgan fingerprint density at radius 2 is 1.05 bits per heavy atom. The Hall–Kier alpha value is -2.86. The van der Waals surface area contributed by atoms with Crippen molar-refractivity contribution in [2.45, 2.75) is 39.3 Å². The van der Waals surface area contributed by atoms with Crippen LogP contribution in [0.25, 0.3) is 40.2 Å². The van der Waals surface area contributed by atoms with E-state index in [4.69, 9.17) is 11.7 Å². The highest BCUT2D eigenvalue weighted by Crippen LogP contribution is 2.44. The Kier molecular flexibility index (Phi) is 14.6. The number of hydrogen-bond donors (Lipinski definition) is 5. The topological polar surface area (TPSA) is 146 Å².